The van der Waals surface area contributed by atoms with Gasteiger partial charge in [0.1, 0.15) is 0 Å². The van der Waals surface area contributed by atoms with E-state index in [4.69, 9.17) is 0 Å². The third-order valence-corrected chi connectivity index (χ3v) is 5.74. The predicted molar refractivity (Wildman–Crippen MR) is 128 cm³/mol. The summed E-state index contributed by atoms with van der Waals surface area (Å²) in [6.45, 7) is 3.69. The molecular formula is C28H30N2O. The molecule has 1 N–H and O–H groups in total. The second-order valence-corrected chi connectivity index (χ2v) is 8.23. The molecule has 1 heterocycles. The van der Waals surface area contributed by atoms with E-state index in [1.54, 1.807) is 0 Å². The number of aromatic nitrogens is 1. The maximum atomic E-state index is 12.2. The van der Waals surface area contributed by atoms with Crippen LogP contribution in [0.4, 0.5) is 0 Å². The van der Waals surface area contributed by atoms with E-state index < -0.39 is 0 Å². The standard InChI is InChI=1S/C28H30N2O/c1-22-9-7-12-24(19-22)20-30-21-25(26-14-5-6-15-27(26)30)13-8-16-28(31)29-18-17-23-10-3-2-4-11-23/h2-7,9-12,14-15,19,21H,8,13,16-18,20H2,1H3,(H,29,31). The molecule has 0 fully saturated rings. The highest BCUT2D eigenvalue weighted by Crippen LogP contribution is 2.24. The Morgan fingerprint density at radius 3 is 2.48 bits per heavy atom. The Morgan fingerprint density at radius 2 is 1.65 bits per heavy atom. The maximum absolute atomic E-state index is 12.2. The second-order valence-electron chi connectivity index (χ2n) is 8.23. The lowest BCUT2D eigenvalue weighted by molar-refractivity contribution is -0.121. The van der Waals surface area contributed by atoms with Gasteiger partial charge >= 0.3 is 0 Å². The zero-order valence-corrected chi connectivity index (χ0v) is 18.2. The highest BCUT2D eigenvalue weighted by molar-refractivity contribution is 5.84. The Bertz CT molecular complexity index is 1140. The molecule has 158 valence electrons. The van der Waals surface area contributed by atoms with E-state index in [-0.39, 0.29) is 5.91 Å². The summed E-state index contributed by atoms with van der Waals surface area (Å²) >= 11 is 0. The predicted octanol–water partition coefficient (Wildman–Crippen LogP) is 5.68. The molecule has 4 rings (SSSR count). The van der Waals surface area contributed by atoms with Crippen LogP contribution < -0.4 is 5.32 Å². The van der Waals surface area contributed by atoms with E-state index >= 15 is 0 Å². The fraction of sp³-hybridized carbons (Fsp3) is 0.250. The van der Waals surface area contributed by atoms with Crippen molar-refractivity contribution in [2.24, 2.45) is 0 Å². The van der Waals surface area contributed by atoms with Gasteiger partial charge in [0, 0.05) is 36.6 Å². The number of hydrogen-bond acceptors (Lipinski definition) is 1. The van der Waals surface area contributed by atoms with Crippen molar-refractivity contribution < 1.29 is 4.79 Å². The molecule has 0 atom stereocenters. The molecule has 0 aliphatic rings. The van der Waals surface area contributed by atoms with Gasteiger partial charge in [0.05, 0.1) is 0 Å². The number of benzene rings is 3. The lowest BCUT2D eigenvalue weighted by atomic mass is 10.1. The van der Waals surface area contributed by atoms with Gasteiger partial charge in [-0.2, -0.15) is 0 Å². The number of para-hydroxylation sites is 1. The van der Waals surface area contributed by atoms with E-state index in [0.717, 1.165) is 25.8 Å². The van der Waals surface area contributed by atoms with Gasteiger partial charge < -0.3 is 9.88 Å². The fourth-order valence-corrected chi connectivity index (χ4v) is 4.18. The molecule has 1 amide bonds. The minimum atomic E-state index is 0.138. The first-order valence-electron chi connectivity index (χ1n) is 11.1. The Balaban J connectivity index is 1.33. The average Bonchev–Trinajstić information content (AvgIpc) is 3.12. The third kappa shape index (κ3) is 5.64. The Hall–Kier alpha value is -3.33. The lowest BCUT2D eigenvalue weighted by Crippen LogP contribution is -2.25. The quantitative estimate of drug-likeness (QED) is 0.378. The fourth-order valence-electron chi connectivity index (χ4n) is 4.18. The number of carbonyl (C=O) groups excluding carboxylic acids is 1. The van der Waals surface area contributed by atoms with Gasteiger partial charge in [-0.15, -0.1) is 0 Å². The minimum Gasteiger partial charge on any atom is -0.356 e. The van der Waals surface area contributed by atoms with Gasteiger partial charge in [-0.05, 0) is 48.9 Å². The van der Waals surface area contributed by atoms with Crippen molar-refractivity contribution in [1.82, 2.24) is 9.88 Å². The van der Waals surface area contributed by atoms with Crippen LogP contribution >= 0.6 is 0 Å². The normalized spacial score (nSPS) is 11.0. The molecular weight excluding hydrogens is 380 g/mol. The molecule has 0 unspecified atom stereocenters. The van der Waals surface area contributed by atoms with Crippen molar-refractivity contribution in [3.05, 3.63) is 107 Å². The van der Waals surface area contributed by atoms with Crippen molar-refractivity contribution in [1.29, 1.82) is 0 Å². The smallest absolute Gasteiger partial charge is 0.220 e. The molecule has 3 aromatic carbocycles. The molecule has 31 heavy (non-hydrogen) atoms. The first-order valence-corrected chi connectivity index (χ1v) is 11.1. The zero-order valence-electron chi connectivity index (χ0n) is 18.2. The SMILES string of the molecule is Cc1cccc(Cn2cc(CCCC(=O)NCCc3ccccc3)c3ccccc32)c1. The summed E-state index contributed by atoms with van der Waals surface area (Å²) in [6, 6.07) is 27.5. The van der Waals surface area contributed by atoms with Crippen LogP contribution in [0.25, 0.3) is 10.9 Å². The van der Waals surface area contributed by atoms with Gasteiger partial charge in [0.15, 0.2) is 0 Å². The number of fused-ring (bicyclic) bond motifs is 1. The molecule has 3 nitrogen and oxygen atoms in total. The lowest BCUT2D eigenvalue weighted by Gasteiger charge is -2.06. The number of hydrogen-bond donors (Lipinski definition) is 1. The molecule has 0 radical (unpaired) electrons. The largest absolute Gasteiger partial charge is 0.356 e. The Labute approximate surface area is 184 Å². The summed E-state index contributed by atoms with van der Waals surface area (Å²) in [5.74, 6) is 0.138. The summed E-state index contributed by atoms with van der Waals surface area (Å²) in [7, 11) is 0. The van der Waals surface area contributed by atoms with Crippen LogP contribution in [-0.4, -0.2) is 17.0 Å². The van der Waals surface area contributed by atoms with Gasteiger partial charge in [0.25, 0.3) is 0 Å². The van der Waals surface area contributed by atoms with Crippen LogP contribution in [0.2, 0.25) is 0 Å². The second kappa shape index (κ2) is 10.1. The molecule has 1 aromatic heterocycles. The van der Waals surface area contributed by atoms with Crippen LogP contribution in [0.3, 0.4) is 0 Å². The highest BCUT2D eigenvalue weighted by atomic mass is 16.1. The topological polar surface area (TPSA) is 34.0 Å². The number of aryl methyl sites for hydroxylation is 2. The molecule has 0 aliphatic carbocycles. The Kier molecular flexibility index (Phi) is 6.83. The van der Waals surface area contributed by atoms with E-state index in [9.17, 15) is 4.79 Å². The summed E-state index contributed by atoms with van der Waals surface area (Å²) in [5.41, 5.74) is 6.42. The minimum absolute atomic E-state index is 0.138. The van der Waals surface area contributed by atoms with Crippen LogP contribution in [0, 0.1) is 6.92 Å². The third-order valence-electron chi connectivity index (χ3n) is 5.74. The summed E-state index contributed by atoms with van der Waals surface area (Å²) in [6.07, 6.45) is 5.47. The number of nitrogens with zero attached hydrogens (tertiary/aromatic N) is 1. The summed E-state index contributed by atoms with van der Waals surface area (Å²) < 4.78 is 2.33. The average molecular weight is 411 g/mol. The number of nitrogens with one attached hydrogen (secondary N) is 1. The summed E-state index contributed by atoms with van der Waals surface area (Å²) in [5, 5.41) is 4.34. The maximum Gasteiger partial charge on any atom is 0.220 e. The molecule has 3 heteroatoms. The van der Waals surface area contributed by atoms with Gasteiger partial charge in [-0.25, -0.2) is 0 Å². The summed E-state index contributed by atoms with van der Waals surface area (Å²) in [4.78, 5) is 12.2. The van der Waals surface area contributed by atoms with Crippen LogP contribution in [0.1, 0.15) is 35.1 Å². The van der Waals surface area contributed by atoms with Gasteiger partial charge in [0.2, 0.25) is 5.91 Å². The van der Waals surface area contributed by atoms with Crippen molar-refractivity contribution in [2.75, 3.05) is 6.54 Å². The molecule has 0 bridgehead atoms. The van der Waals surface area contributed by atoms with Crippen LogP contribution in [-0.2, 0) is 24.2 Å². The van der Waals surface area contributed by atoms with E-state index in [0.29, 0.717) is 13.0 Å². The van der Waals surface area contributed by atoms with Crippen molar-refractivity contribution in [3.8, 4) is 0 Å². The molecule has 0 spiro atoms. The van der Waals surface area contributed by atoms with Gasteiger partial charge in [-0.3, -0.25) is 4.79 Å². The number of carbonyl (C=O) groups is 1. The van der Waals surface area contributed by atoms with Crippen molar-refractivity contribution >= 4 is 16.8 Å². The first-order chi connectivity index (χ1) is 15.2. The van der Waals surface area contributed by atoms with Gasteiger partial charge in [-0.1, -0.05) is 78.4 Å². The Morgan fingerprint density at radius 1 is 0.871 bits per heavy atom. The molecule has 4 aromatic rings. The number of amides is 1. The zero-order chi connectivity index (χ0) is 21.5. The molecule has 0 saturated carbocycles. The van der Waals surface area contributed by atoms with E-state index in [1.807, 2.05) is 18.2 Å². The van der Waals surface area contributed by atoms with E-state index in [2.05, 4.69) is 83.7 Å². The number of rotatable bonds is 9. The first kappa shape index (κ1) is 20.9. The monoisotopic (exact) mass is 410 g/mol. The molecule has 0 aliphatic heterocycles. The molecule has 0 saturated heterocycles. The van der Waals surface area contributed by atoms with E-state index in [1.165, 1.54) is 33.2 Å². The van der Waals surface area contributed by atoms with Crippen molar-refractivity contribution in [2.45, 2.75) is 39.2 Å². The van der Waals surface area contributed by atoms with Crippen LogP contribution in [0.5, 0.6) is 0 Å². The highest BCUT2D eigenvalue weighted by Gasteiger charge is 2.10. The van der Waals surface area contributed by atoms with Crippen molar-refractivity contribution in [3.63, 3.8) is 0 Å². The van der Waals surface area contributed by atoms with Crippen LogP contribution in [0.15, 0.2) is 85.1 Å².